The van der Waals surface area contributed by atoms with Crippen LogP contribution in [0.25, 0.3) is 0 Å². The topological polar surface area (TPSA) is 70.2 Å². The third kappa shape index (κ3) is 5.95. The molecule has 0 radical (unpaired) electrons. The first-order valence-electron chi connectivity index (χ1n) is 8.53. The maximum absolute atomic E-state index is 12.2. The summed E-state index contributed by atoms with van der Waals surface area (Å²) in [6.07, 6.45) is 0.972. The van der Waals surface area contributed by atoms with Crippen molar-refractivity contribution in [2.24, 2.45) is 0 Å². The quantitative estimate of drug-likeness (QED) is 0.648. The van der Waals surface area contributed by atoms with Crippen LogP contribution in [0, 0.1) is 0 Å². The lowest BCUT2D eigenvalue weighted by Gasteiger charge is -2.12. The van der Waals surface area contributed by atoms with Gasteiger partial charge in [-0.1, -0.05) is 37.3 Å². The van der Waals surface area contributed by atoms with Crippen molar-refractivity contribution >= 4 is 17.5 Å². The van der Waals surface area contributed by atoms with Crippen molar-refractivity contribution in [3.8, 4) is 0 Å². The number of aryl methyl sites for hydroxylation is 1. The third-order valence-electron chi connectivity index (χ3n) is 3.85. The molecule has 2 aromatic rings. The smallest absolute Gasteiger partial charge is 0.251 e. The van der Waals surface area contributed by atoms with Gasteiger partial charge in [0, 0.05) is 37.8 Å². The predicted molar refractivity (Wildman–Crippen MR) is 101 cm³/mol. The van der Waals surface area contributed by atoms with E-state index < -0.39 is 0 Å². The highest BCUT2D eigenvalue weighted by Gasteiger charge is 2.06. The molecular formula is C20H25N3O2. The second-order valence-electron chi connectivity index (χ2n) is 5.80. The summed E-state index contributed by atoms with van der Waals surface area (Å²) in [5.74, 6) is -0.240. The number of nitrogens with one attached hydrogen (secondary N) is 3. The molecule has 0 saturated carbocycles. The molecule has 0 heterocycles. The molecular weight excluding hydrogens is 314 g/mol. The SMILES string of the molecule is CCc1ccccc1NCc1cccc(C(=O)NCCNC(C)=O)c1. The zero-order chi connectivity index (χ0) is 18.1. The molecule has 2 aromatic carbocycles. The molecule has 2 amide bonds. The second kappa shape index (κ2) is 9.47. The Labute approximate surface area is 148 Å². The zero-order valence-electron chi connectivity index (χ0n) is 14.8. The first-order valence-corrected chi connectivity index (χ1v) is 8.53. The number of benzene rings is 2. The van der Waals surface area contributed by atoms with Crippen molar-refractivity contribution in [3.05, 3.63) is 65.2 Å². The van der Waals surface area contributed by atoms with Gasteiger partial charge in [0.1, 0.15) is 0 Å². The molecule has 2 rings (SSSR count). The van der Waals surface area contributed by atoms with E-state index in [9.17, 15) is 9.59 Å². The molecule has 0 atom stereocenters. The van der Waals surface area contributed by atoms with Crippen LogP contribution >= 0.6 is 0 Å². The monoisotopic (exact) mass is 339 g/mol. The van der Waals surface area contributed by atoms with Gasteiger partial charge in [0.2, 0.25) is 5.91 Å². The molecule has 0 spiro atoms. The van der Waals surface area contributed by atoms with Crippen LogP contribution in [-0.2, 0) is 17.8 Å². The average Bonchev–Trinajstić information content (AvgIpc) is 2.63. The fourth-order valence-corrected chi connectivity index (χ4v) is 2.54. The van der Waals surface area contributed by atoms with Gasteiger partial charge in [-0.2, -0.15) is 0 Å². The molecule has 0 bridgehead atoms. The van der Waals surface area contributed by atoms with E-state index in [2.05, 4.69) is 35.0 Å². The van der Waals surface area contributed by atoms with E-state index in [0.29, 0.717) is 25.2 Å². The van der Waals surface area contributed by atoms with E-state index in [4.69, 9.17) is 0 Å². The van der Waals surface area contributed by atoms with E-state index in [0.717, 1.165) is 17.7 Å². The van der Waals surface area contributed by atoms with Gasteiger partial charge in [0.25, 0.3) is 5.91 Å². The molecule has 0 fully saturated rings. The van der Waals surface area contributed by atoms with E-state index in [1.165, 1.54) is 12.5 Å². The summed E-state index contributed by atoms with van der Waals surface area (Å²) in [4.78, 5) is 23.0. The average molecular weight is 339 g/mol. The fraction of sp³-hybridized carbons (Fsp3) is 0.300. The summed E-state index contributed by atoms with van der Waals surface area (Å²) < 4.78 is 0. The van der Waals surface area contributed by atoms with Gasteiger partial charge in [-0.3, -0.25) is 9.59 Å². The molecule has 0 saturated heterocycles. The second-order valence-corrected chi connectivity index (χ2v) is 5.80. The van der Waals surface area contributed by atoms with Crippen molar-refractivity contribution in [2.45, 2.75) is 26.8 Å². The number of para-hydroxylation sites is 1. The Balaban J connectivity index is 1.92. The number of rotatable bonds is 8. The van der Waals surface area contributed by atoms with Crippen molar-refractivity contribution in [3.63, 3.8) is 0 Å². The number of amides is 2. The Hall–Kier alpha value is -2.82. The summed E-state index contributed by atoms with van der Waals surface area (Å²) in [7, 11) is 0. The summed E-state index contributed by atoms with van der Waals surface area (Å²) in [5.41, 5.74) is 4.05. The van der Waals surface area contributed by atoms with Crippen LogP contribution in [0.2, 0.25) is 0 Å². The molecule has 0 aromatic heterocycles. The first kappa shape index (κ1) is 18.5. The highest BCUT2D eigenvalue weighted by atomic mass is 16.2. The molecule has 0 aliphatic heterocycles. The van der Waals surface area contributed by atoms with Gasteiger partial charge >= 0.3 is 0 Å². The lowest BCUT2D eigenvalue weighted by molar-refractivity contribution is -0.118. The molecule has 0 aliphatic rings. The minimum atomic E-state index is -0.138. The molecule has 25 heavy (non-hydrogen) atoms. The Morgan fingerprint density at radius 3 is 2.48 bits per heavy atom. The molecule has 3 N–H and O–H groups in total. The van der Waals surface area contributed by atoms with Gasteiger partial charge < -0.3 is 16.0 Å². The van der Waals surface area contributed by atoms with Gasteiger partial charge in [-0.25, -0.2) is 0 Å². The van der Waals surface area contributed by atoms with Gasteiger partial charge in [0.05, 0.1) is 0 Å². The largest absolute Gasteiger partial charge is 0.381 e. The molecule has 5 nitrogen and oxygen atoms in total. The normalized spacial score (nSPS) is 10.2. The number of hydrogen-bond acceptors (Lipinski definition) is 3. The highest BCUT2D eigenvalue weighted by Crippen LogP contribution is 2.17. The van der Waals surface area contributed by atoms with E-state index >= 15 is 0 Å². The maximum atomic E-state index is 12.2. The first-order chi connectivity index (χ1) is 12.1. The predicted octanol–water partition coefficient (Wildman–Crippen LogP) is 2.73. The van der Waals surface area contributed by atoms with Crippen LogP contribution in [0.3, 0.4) is 0 Å². The van der Waals surface area contributed by atoms with Crippen molar-refractivity contribution < 1.29 is 9.59 Å². The third-order valence-corrected chi connectivity index (χ3v) is 3.85. The van der Waals surface area contributed by atoms with Crippen LogP contribution in [0.4, 0.5) is 5.69 Å². The van der Waals surface area contributed by atoms with Gasteiger partial charge in [-0.05, 0) is 35.7 Å². The highest BCUT2D eigenvalue weighted by molar-refractivity contribution is 5.94. The number of carbonyl (C=O) groups is 2. The van der Waals surface area contributed by atoms with Crippen LogP contribution in [0.15, 0.2) is 48.5 Å². The summed E-state index contributed by atoms with van der Waals surface area (Å²) in [6, 6.07) is 15.8. The maximum Gasteiger partial charge on any atom is 0.251 e. The summed E-state index contributed by atoms with van der Waals surface area (Å²) in [5, 5.41) is 8.88. The Bertz CT molecular complexity index is 728. The van der Waals surface area contributed by atoms with Gasteiger partial charge in [0.15, 0.2) is 0 Å². The number of carbonyl (C=O) groups excluding carboxylic acids is 2. The number of anilines is 1. The van der Waals surface area contributed by atoms with Crippen LogP contribution < -0.4 is 16.0 Å². The lowest BCUT2D eigenvalue weighted by Crippen LogP contribution is -2.33. The number of hydrogen-bond donors (Lipinski definition) is 3. The zero-order valence-corrected chi connectivity index (χ0v) is 14.8. The van der Waals surface area contributed by atoms with Gasteiger partial charge in [-0.15, -0.1) is 0 Å². The minimum Gasteiger partial charge on any atom is -0.381 e. The summed E-state index contributed by atoms with van der Waals surface area (Å²) >= 11 is 0. The molecule has 132 valence electrons. The minimum absolute atomic E-state index is 0.102. The fourth-order valence-electron chi connectivity index (χ4n) is 2.54. The Kier molecular flexibility index (Phi) is 7.01. The van der Waals surface area contributed by atoms with Crippen LogP contribution in [0.5, 0.6) is 0 Å². The Morgan fingerprint density at radius 1 is 0.960 bits per heavy atom. The van der Waals surface area contributed by atoms with E-state index in [-0.39, 0.29) is 11.8 Å². The Morgan fingerprint density at radius 2 is 1.72 bits per heavy atom. The standard InChI is InChI=1S/C20H25N3O2/c1-3-17-8-4-5-10-19(17)23-14-16-7-6-9-18(13-16)20(25)22-12-11-21-15(2)24/h4-10,13,23H,3,11-12,14H2,1-2H3,(H,21,24)(H,22,25). The van der Waals surface area contributed by atoms with Crippen molar-refractivity contribution in [1.82, 2.24) is 10.6 Å². The van der Waals surface area contributed by atoms with Crippen molar-refractivity contribution in [1.29, 1.82) is 0 Å². The summed E-state index contributed by atoms with van der Waals surface area (Å²) in [6.45, 7) is 5.08. The van der Waals surface area contributed by atoms with Crippen LogP contribution in [-0.4, -0.2) is 24.9 Å². The van der Waals surface area contributed by atoms with Crippen LogP contribution in [0.1, 0.15) is 35.3 Å². The molecule has 5 heteroatoms. The lowest BCUT2D eigenvalue weighted by atomic mass is 10.1. The van der Waals surface area contributed by atoms with Crippen molar-refractivity contribution in [2.75, 3.05) is 18.4 Å². The van der Waals surface area contributed by atoms with E-state index in [1.54, 1.807) is 6.07 Å². The molecule has 0 aliphatic carbocycles. The molecule has 0 unspecified atom stereocenters. The van der Waals surface area contributed by atoms with E-state index in [1.807, 2.05) is 30.3 Å².